The average Bonchev–Trinajstić information content (AvgIpc) is 3.47. The number of carboxylic acids is 1. The van der Waals surface area contributed by atoms with Crippen LogP contribution in [0.1, 0.15) is 44.9 Å². The number of halogens is 1. The summed E-state index contributed by atoms with van der Waals surface area (Å²) < 4.78 is 5.42. The molecule has 2 amide bonds. The second kappa shape index (κ2) is 13.1. The second-order valence-electron chi connectivity index (χ2n) is 10.6. The molecule has 3 aromatic rings. The van der Waals surface area contributed by atoms with E-state index in [9.17, 15) is 19.5 Å². The van der Waals surface area contributed by atoms with Crippen LogP contribution in [0.3, 0.4) is 0 Å². The average molecular weight is 597 g/mol. The Labute approximate surface area is 248 Å². The SMILES string of the molecule is CN(C(=O)[C@@H](CC(=O)O)CC1CCOCC1)c1nc(-c2cc(Cl)ccc2-c2ccc(N3CCCCC3=O)nc2)cs1. The van der Waals surface area contributed by atoms with E-state index in [1.54, 1.807) is 24.2 Å². The molecule has 11 heteroatoms. The number of thiazole rings is 1. The Balaban J connectivity index is 1.37. The Morgan fingerprint density at radius 3 is 2.71 bits per heavy atom. The predicted molar refractivity (Wildman–Crippen MR) is 159 cm³/mol. The number of benzene rings is 1. The van der Waals surface area contributed by atoms with Gasteiger partial charge in [0.1, 0.15) is 5.82 Å². The molecule has 216 valence electrons. The van der Waals surface area contributed by atoms with E-state index in [4.69, 9.17) is 21.3 Å². The number of anilines is 2. The van der Waals surface area contributed by atoms with Crippen molar-refractivity contribution >= 4 is 51.7 Å². The Hall–Kier alpha value is -3.34. The summed E-state index contributed by atoms with van der Waals surface area (Å²) in [5.41, 5.74) is 3.15. The van der Waals surface area contributed by atoms with Gasteiger partial charge in [-0.15, -0.1) is 11.3 Å². The minimum absolute atomic E-state index is 0.0932. The Kier molecular flexibility index (Phi) is 9.32. The van der Waals surface area contributed by atoms with E-state index in [-0.39, 0.29) is 24.2 Å². The van der Waals surface area contributed by atoms with Gasteiger partial charge in [0.05, 0.1) is 12.1 Å². The van der Waals surface area contributed by atoms with Gasteiger partial charge < -0.3 is 9.84 Å². The molecule has 5 rings (SSSR count). The first-order chi connectivity index (χ1) is 19.8. The van der Waals surface area contributed by atoms with Gasteiger partial charge in [0, 0.05) is 66.9 Å². The van der Waals surface area contributed by atoms with Crippen molar-refractivity contribution in [3.05, 3.63) is 46.9 Å². The number of carboxylic acid groups (broad SMARTS) is 1. The Morgan fingerprint density at radius 2 is 2.00 bits per heavy atom. The van der Waals surface area contributed by atoms with Crippen molar-refractivity contribution in [2.24, 2.45) is 11.8 Å². The van der Waals surface area contributed by atoms with Crippen molar-refractivity contribution in [1.82, 2.24) is 9.97 Å². The van der Waals surface area contributed by atoms with Crippen LogP contribution < -0.4 is 9.80 Å². The van der Waals surface area contributed by atoms with Crippen molar-refractivity contribution in [3.63, 3.8) is 0 Å². The fraction of sp³-hybridized carbons (Fsp3) is 0.433. The quantitative estimate of drug-likeness (QED) is 0.326. The van der Waals surface area contributed by atoms with Crippen LogP contribution in [0.2, 0.25) is 5.02 Å². The zero-order valence-electron chi connectivity index (χ0n) is 22.9. The molecular weight excluding hydrogens is 564 g/mol. The van der Waals surface area contributed by atoms with Gasteiger partial charge in [-0.05, 0) is 67.9 Å². The summed E-state index contributed by atoms with van der Waals surface area (Å²) in [6.07, 6.45) is 6.12. The summed E-state index contributed by atoms with van der Waals surface area (Å²) in [5.74, 6) is -0.877. The number of hydrogen-bond donors (Lipinski definition) is 1. The second-order valence-corrected chi connectivity index (χ2v) is 11.9. The highest BCUT2D eigenvalue weighted by molar-refractivity contribution is 7.14. The number of nitrogens with zero attached hydrogens (tertiary/aromatic N) is 4. The van der Waals surface area contributed by atoms with Crippen LogP contribution in [0.4, 0.5) is 10.9 Å². The molecule has 1 aromatic carbocycles. The highest BCUT2D eigenvalue weighted by atomic mass is 35.5. The smallest absolute Gasteiger partial charge is 0.304 e. The van der Waals surface area contributed by atoms with Gasteiger partial charge in [0.25, 0.3) is 0 Å². The molecule has 0 unspecified atom stereocenters. The van der Waals surface area contributed by atoms with Gasteiger partial charge in [-0.2, -0.15) is 0 Å². The molecule has 0 radical (unpaired) electrons. The maximum Gasteiger partial charge on any atom is 0.304 e. The van der Waals surface area contributed by atoms with E-state index in [1.165, 1.54) is 16.2 Å². The van der Waals surface area contributed by atoms with Crippen molar-refractivity contribution in [3.8, 4) is 22.4 Å². The zero-order chi connectivity index (χ0) is 28.9. The van der Waals surface area contributed by atoms with Crippen LogP contribution in [0.15, 0.2) is 41.9 Å². The molecule has 0 bridgehead atoms. The van der Waals surface area contributed by atoms with Crippen LogP contribution in [0.25, 0.3) is 22.4 Å². The number of carbonyl (C=O) groups is 3. The number of hydrogen-bond acceptors (Lipinski definition) is 7. The van der Waals surface area contributed by atoms with Crippen LogP contribution in [-0.4, -0.2) is 59.7 Å². The molecule has 0 saturated carbocycles. The molecule has 2 aliphatic heterocycles. The molecule has 41 heavy (non-hydrogen) atoms. The van der Waals surface area contributed by atoms with E-state index >= 15 is 0 Å². The lowest BCUT2D eigenvalue weighted by molar-refractivity contribution is -0.141. The van der Waals surface area contributed by atoms with Crippen molar-refractivity contribution < 1.29 is 24.2 Å². The molecule has 0 spiro atoms. The highest BCUT2D eigenvalue weighted by Gasteiger charge is 2.30. The number of amides is 2. The number of rotatable bonds is 9. The molecular formula is C30H33ClN4O5S. The lowest BCUT2D eigenvalue weighted by Crippen LogP contribution is -2.35. The summed E-state index contributed by atoms with van der Waals surface area (Å²) in [6.45, 7) is 1.95. The summed E-state index contributed by atoms with van der Waals surface area (Å²) in [6, 6.07) is 9.34. The highest BCUT2D eigenvalue weighted by Crippen LogP contribution is 2.37. The molecule has 1 N–H and O–H groups in total. The van der Waals surface area contributed by atoms with Gasteiger partial charge in [-0.1, -0.05) is 17.7 Å². The van der Waals surface area contributed by atoms with Gasteiger partial charge in [0.2, 0.25) is 11.8 Å². The van der Waals surface area contributed by atoms with Crippen LogP contribution >= 0.6 is 22.9 Å². The van der Waals surface area contributed by atoms with Crippen molar-refractivity contribution in [2.75, 3.05) is 36.6 Å². The topological polar surface area (TPSA) is 113 Å². The maximum atomic E-state index is 13.5. The number of ether oxygens (including phenoxy) is 1. The van der Waals surface area contributed by atoms with Crippen molar-refractivity contribution in [1.29, 1.82) is 0 Å². The number of piperidine rings is 1. The Bertz CT molecular complexity index is 1410. The fourth-order valence-electron chi connectivity index (χ4n) is 5.51. The molecule has 2 fully saturated rings. The monoisotopic (exact) mass is 596 g/mol. The standard InChI is InChI=1S/C30H33ClN4O5S/c1-34(29(39)21(15-28(37)38)14-19-9-12-40-13-10-19)30-33-25(18-41-30)24-16-22(31)6-7-23(24)20-5-8-26(32-17-20)35-11-3-2-4-27(35)36/h5-8,16-19,21H,2-4,9-15H2,1H3,(H,37,38)/t21-/m1/s1. The summed E-state index contributed by atoms with van der Waals surface area (Å²) in [4.78, 5) is 49.9. The number of aromatic nitrogens is 2. The van der Waals surface area contributed by atoms with E-state index in [1.807, 2.05) is 29.6 Å². The minimum atomic E-state index is -0.989. The predicted octanol–water partition coefficient (Wildman–Crippen LogP) is 5.91. The largest absolute Gasteiger partial charge is 0.481 e. The van der Waals surface area contributed by atoms with Gasteiger partial charge in [-0.25, -0.2) is 9.97 Å². The van der Waals surface area contributed by atoms with Gasteiger partial charge in [-0.3, -0.25) is 24.2 Å². The maximum absolute atomic E-state index is 13.5. The number of carbonyl (C=O) groups excluding carboxylic acids is 2. The molecule has 4 heterocycles. The van der Waals surface area contributed by atoms with E-state index in [0.29, 0.717) is 54.3 Å². The third-order valence-corrected chi connectivity index (χ3v) is 8.91. The molecule has 0 aliphatic carbocycles. The summed E-state index contributed by atoms with van der Waals surface area (Å²) in [7, 11) is 1.65. The minimum Gasteiger partial charge on any atom is -0.481 e. The number of pyridine rings is 1. The summed E-state index contributed by atoms with van der Waals surface area (Å²) >= 11 is 7.70. The molecule has 2 aromatic heterocycles. The normalized spacial score (nSPS) is 16.9. The zero-order valence-corrected chi connectivity index (χ0v) is 24.5. The van der Waals surface area contributed by atoms with Gasteiger partial charge in [0.15, 0.2) is 5.13 Å². The summed E-state index contributed by atoms with van der Waals surface area (Å²) in [5, 5.41) is 12.4. The molecule has 1 atom stereocenters. The third-order valence-electron chi connectivity index (χ3n) is 7.75. The molecule has 2 aliphatic rings. The van der Waals surface area contributed by atoms with Crippen LogP contribution in [-0.2, 0) is 19.1 Å². The lowest BCUT2D eigenvalue weighted by atomic mass is 9.86. The lowest BCUT2D eigenvalue weighted by Gasteiger charge is -2.27. The number of aliphatic carboxylic acids is 1. The first-order valence-corrected chi connectivity index (χ1v) is 15.1. The third kappa shape index (κ3) is 6.94. The van der Waals surface area contributed by atoms with E-state index in [0.717, 1.165) is 42.4 Å². The van der Waals surface area contributed by atoms with Crippen molar-refractivity contribution in [2.45, 2.75) is 44.9 Å². The van der Waals surface area contributed by atoms with E-state index in [2.05, 4.69) is 4.98 Å². The van der Waals surface area contributed by atoms with Crippen LogP contribution in [0.5, 0.6) is 0 Å². The Morgan fingerprint density at radius 1 is 1.20 bits per heavy atom. The molecule has 2 saturated heterocycles. The first-order valence-electron chi connectivity index (χ1n) is 13.9. The van der Waals surface area contributed by atoms with Crippen LogP contribution in [0, 0.1) is 11.8 Å². The fourth-order valence-corrected chi connectivity index (χ4v) is 6.48. The first kappa shape index (κ1) is 29.2. The van der Waals surface area contributed by atoms with Gasteiger partial charge >= 0.3 is 5.97 Å². The van der Waals surface area contributed by atoms with E-state index < -0.39 is 11.9 Å². The molecule has 9 nitrogen and oxygen atoms in total.